The van der Waals surface area contributed by atoms with Crippen LogP contribution < -0.4 is 0 Å². The van der Waals surface area contributed by atoms with Gasteiger partial charge in [0.05, 0.1) is 0 Å². The minimum Gasteiger partial charge on any atom is -0.462 e. The van der Waals surface area contributed by atoms with Crippen molar-refractivity contribution < 1.29 is 28.6 Å². The number of ether oxygens (including phenoxy) is 3. The maximum Gasteiger partial charge on any atom is 0.306 e. The number of esters is 3. The van der Waals surface area contributed by atoms with Gasteiger partial charge in [-0.1, -0.05) is 283 Å². The Morgan fingerprint density at radius 2 is 0.476 bits per heavy atom. The topological polar surface area (TPSA) is 78.9 Å². The van der Waals surface area contributed by atoms with Crippen LogP contribution in [0, 0.1) is 0 Å². The highest BCUT2D eigenvalue weighted by atomic mass is 16.6. The molecule has 0 aliphatic carbocycles. The summed E-state index contributed by atoms with van der Waals surface area (Å²) in [4.78, 5) is 38.4. The van der Waals surface area contributed by atoms with E-state index < -0.39 is 6.10 Å². The second-order valence-electron chi connectivity index (χ2n) is 22.3. The van der Waals surface area contributed by atoms with Gasteiger partial charge in [-0.3, -0.25) is 14.4 Å². The maximum absolute atomic E-state index is 12.9. The highest BCUT2D eigenvalue weighted by Crippen LogP contribution is 2.15. The zero-order valence-corrected chi connectivity index (χ0v) is 53.5. The molecule has 6 nitrogen and oxygen atoms in total. The largest absolute Gasteiger partial charge is 0.462 e. The van der Waals surface area contributed by atoms with Crippen LogP contribution in [0.15, 0.2) is 134 Å². The third-order valence-corrected chi connectivity index (χ3v) is 14.4. The van der Waals surface area contributed by atoms with E-state index in [9.17, 15) is 14.4 Å². The van der Waals surface area contributed by atoms with Crippen LogP contribution in [0.25, 0.3) is 0 Å². The molecule has 0 rings (SSSR count). The van der Waals surface area contributed by atoms with Crippen LogP contribution in [0.1, 0.15) is 310 Å². The normalized spacial score (nSPS) is 13.0. The second kappa shape index (κ2) is 69.0. The average Bonchev–Trinajstić information content (AvgIpc) is 3.47. The van der Waals surface area contributed by atoms with Crippen molar-refractivity contribution in [1.29, 1.82) is 0 Å². The van der Waals surface area contributed by atoms with Crippen molar-refractivity contribution in [3.05, 3.63) is 134 Å². The van der Waals surface area contributed by atoms with E-state index in [-0.39, 0.29) is 31.1 Å². The summed E-state index contributed by atoms with van der Waals surface area (Å²) in [6, 6.07) is 0. The highest BCUT2D eigenvalue weighted by molar-refractivity contribution is 5.71. The lowest BCUT2D eigenvalue weighted by molar-refractivity contribution is -0.167. The number of carbonyl (C=O) groups is 3. The zero-order chi connectivity index (χ0) is 59.2. The van der Waals surface area contributed by atoms with E-state index >= 15 is 0 Å². The first-order valence-corrected chi connectivity index (χ1v) is 34.2. The Bertz CT molecular complexity index is 1730. The first kappa shape index (κ1) is 77.5. The predicted octanol–water partition coefficient (Wildman–Crippen LogP) is 23.7. The van der Waals surface area contributed by atoms with E-state index in [1.807, 2.05) is 0 Å². The van der Waals surface area contributed by atoms with E-state index in [0.29, 0.717) is 25.7 Å². The molecule has 0 aliphatic rings. The van der Waals surface area contributed by atoms with Crippen LogP contribution in [0.4, 0.5) is 0 Å². The van der Waals surface area contributed by atoms with Crippen molar-refractivity contribution in [2.45, 2.75) is 316 Å². The van der Waals surface area contributed by atoms with Crippen molar-refractivity contribution in [1.82, 2.24) is 0 Å². The molecular formula is C76H126O6. The van der Waals surface area contributed by atoms with Crippen molar-refractivity contribution in [2.75, 3.05) is 13.2 Å². The van der Waals surface area contributed by atoms with Gasteiger partial charge in [0.15, 0.2) is 6.10 Å². The number of rotatable bonds is 61. The minimum absolute atomic E-state index is 0.0995. The molecule has 0 radical (unpaired) electrons. The quantitative estimate of drug-likeness (QED) is 0.0261. The number of carbonyl (C=O) groups excluding carboxylic acids is 3. The Morgan fingerprint density at radius 3 is 0.793 bits per heavy atom. The smallest absolute Gasteiger partial charge is 0.306 e. The molecule has 0 spiro atoms. The Labute approximate surface area is 506 Å². The van der Waals surface area contributed by atoms with Gasteiger partial charge in [-0.2, -0.15) is 0 Å². The van der Waals surface area contributed by atoms with Crippen molar-refractivity contribution >= 4 is 17.9 Å². The van der Waals surface area contributed by atoms with Gasteiger partial charge in [-0.15, -0.1) is 0 Å². The predicted molar refractivity (Wildman–Crippen MR) is 357 cm³/mol. The Kier molecular flexibility index (Phi) is 65.3. The molecule has 0 aromatic heterocycles. The second-order valence-corrected chi connectivity index (χ2v) is 22.3. The summed E-state index contributed by atoms with van der Waals surface area (Å²) in [6.07, 6.45) is 97.4. The number of unbranched alkanes of at least 4 members (excludes halogenated alkanes) is 28. The summed E-state index contributed by atoms with van der Waals surface area (Å²) in [5.74, 6) is -0.947. The summed E-state index contributed by atoms with van der Waals surface area (Å²) < 4.78 is 16.9. The van der Waals surface area contributed by atoms with Gasteiger partial charge in [-0.25, -0.2) is 0 Å². The summed E-state index contributed by atoms with van der Waals surface area (Å²) in [5, 5.41) is 0. The van der Waals surface area contributed by atoms with Crippen LogP contribution in [0.3, 0.4) is 0 Å². The third-order valence-electron chi connectivity index (χ3n) is 14.4. The molecule has 0 saturated carbocycles. The molecule has 0 aromatic carbocycles. The first-order chi connectivity index (χ1) is 40.5. The summed E-state index contributed by atoms with van der Waals surface area (Å²) in [7, 11) is 0. The van der Waals surface area contributed by atoms with Crippen molar-refractivity contribution in [2.24, 2.45) is 0 Å². The Balaban J connectivity index is 4.48. The third kappa shape index (κ3) is 66.4. The van der Waals surface area contributed by atoms with Gasteiger partial charge in [0.1, 0.15) is 13.2 Å². The summed E-state index contributed by atoms with van der Waals surface area (Å²) in [6.45, 7) is 6.48. The molecule has 82 heavy (non-hydrogen) atoms. The Hall–Kier alpha value is -4.45. The molecule has 0 aliphatic heterocycles. The van der Waals surface area contributed by atoms with Gasteiger partial charge in [0.25, 0.3) is 0 Å². The molecule has 0 bridgehead atoms. The van der Waals surface area contributed by atoms with E-state index in [1.165, 1.54) is 148 Å². The molecule has 0 heterocycles. The number of hydrogen-bond acceptors (Lipinski definition) is 6. The molecule has 6 heteroatoms. The first-order valence-electron chi connectivity index (χ1n) is 34.2. The van der Waals surface area contributed by atoms with Crippen LogP contribution >= 0.6 is 0 Å². The molecule has 0 N–H and O–H groups in total. The van der Waals surface area contributed by atoms with Crippen LogP contribution in [0.2, 0.25) is 0 Å². The van der Waals surface area contributed by atoms with E-state index in [1.54, 1.807) is 0 Å². The van der Waals surface area contributed by atoms with Gasteiger partial charge in [-0.05, 0) is 141 Å². The lowest BCUT2D eigenvalue weighted by atomic mass is 10.1. The summed E-state index contributed by atoms with van der Waals surface area (Å²) in [5.41, 5.74) is 0. The standard InChI is InChI=1S/C76H126O6/c1-4-7-10-13-16-19-22-25-28-31-34-35-36-37-38-39-40-41-43-45-48-51-54-57-60-63-66-69-75(78)81-72-73(71-80-74(77)68-65-62-59-56-53-50-47-44-33-30-27-24-21-18-15-12-9-6-3)82-76(79)70-67-64-61-58-55-52-49-46-42-32-29-26-23-20-17-14-11-8-5-2/h7,10,16,19,21,24-26,28-30,33-35,37-38,40-41,45,48,54,57,73H,4-6,8-9,11-15,17-18,20,22-23,27,31-32,36,39,42-44,46-47,49-53,55-56,58-72H2,1-3H3/b10-7-,19-16-,24-21-,28-25-,29-26-,33-30-,35-34-,38-37-,41-40-,48-45-,57-54-. The van der Waals surface area contributed by atoms with Gasteiger partial charge < -0.3 is 14.2 Å². The van der Waals surface area contributed by atoms with E-state index in [0.717, 1.165) is 116 Å². The lowest BCUT2D eigenvalue weighted by Crippen LogP contribution is -2.30. The molecule has 0 amide bonds. The average molecular weight is 1140 g/mol. The van der Waals surface area contributed by atoms with Crippen LogP contribution in [0.5, 0.6) is 0 Å². The fourth-order valence-corrected chi connectivity index (χ4v) is 9.25. The number of allylic oxidation sites excluding steroid dienone is 22. The van der Waals surface area contributed by atoms with E-state index in [4.69, 9.17) is 14.2 Å². The highest BCUT2D eigenvalue weighted by Gasteiger charge is 2.19. The van der Waals surface area contributed by atoms with Crippen molar-refractivity contribution in [3.8, 4) is 0 Å². The monoisotopic (exact) mass is 1130 g/mol. The minimum atomic E-state index is -0.807. The SMILES string of the molecule is CC/C=C\C/C=C\C/C=C\C/C=C\C/C=C\C/C=C\C/C=C\C/C=C\CCCCC(=O)OCC(COC(=O)CCCCCCCCC/C=C\C/C=C\CCCCCC)OC(=O)CCCCCCCCCCC/C=C\CCCCCCCC. The summed E-state index contributed by atoms with van der Waals surface area (Å²) >= 11 is 0. The van der Waals surface area contributed by atoms with E-state index in [2.05, 4.69) is 154 Å². The lowest BCUT2D eigenvalue weighted by Gasteiger charge is -2.18. The molecule has 0 fully saturated rings. The van der Waals surface area contributed by atoms with Crippen molar-refractivity contribution in [3.63, 3.8) is 0 Å². The zero-order valence-electron chi connectivity index (χ0n) is 53.5. The van der Waals surface area contributed by atoms with Crippen LogP contribution in [-0.2, 0) is 28.6 Å². The molecule has 1 atom stereocenters. The molecule has 0 aromatic rings. The van der Waals surface area contributed by atoms with Gasteiger partial charge in [0.2, 0.25) is 0 Å². The van der Waals surface area contributed by atoms with Gasteiger partial charge in [0, 0.05) is 19.3 Å². The fourth-order valence-electron chi connectivity index (χ4n) is 9.25. The Morgan fingerprint density at radius 1 is 0.256 bits per heavy atom. The fraction of sp³-hybridized carbons (Fsp3) is 0.671. The van der Waals surface area contributed by atoms with Gasteiger partial charge >= 0.3 is 17.9 Å². The molecule has 466 valence electrons. The number of hydrogen-bond donors (Lipinski definition) is 0. The maximum atomic E-state index is 12.9. The van der Waals surface area contributed by atoms with Crippen LogP contribution in [-0.4, -0.2) is 37.2 Å². The molecule has 1 unspecified atom stereocenters. The molecular weight excluding hydrogens is 1010 g/mol. The molecule has 0 saturated heterocycles.